The number of ether oxygens (including phenoxy) is 2. The first kappa shape index (κ1) is 36.8. The number of carbonyl (C=O) groups is 5. The van der Waals surface area contributed by atoms with Crippen molar-refractivity contribution < 1.29 is 38.6 Å². The largest absolute Gasteiger partial charge is 0.480 e. The average Bonchev–Trinajstić information content (AvgIpc) is 3.06. The fourth-order valence-corrected chi connectivity index (χ4v) is 3.06. The number of hydrogen-bond acceptors (Lipinski definition) is 7. The summed E-state index contributed by atoms with van der Waals surface area (Å²) in [5.41, 5.74) is 0. The number of ketones is 1. The fraction of sp³-hybridized carbons (Fsp3) is 0.815. The van der Waals surface area contributed by atoms with Crippen LogP contribution in [0.15, 0.2) is 0 Å². The Kier molecular flexibility index (Phi) is 22.7. The van der Waals surface area contributed by atoms with Crippen molar-refractivity contribution in [3.63, 3.8) is 0 Å². The molecule has 0 bridgehead atoms. The number of amides is 3. The minimum Gasteiger partial charge on any atom is -0.480 e. The van der Waals surface area contributed by atoms with E-state index in [-0.39, 0.29) is 74.4 Å². The van der Waals surface area contributed by atoms with Crippen LogP contribution in [0.25, 0.3) is 0 Å². The molecule has 1 heterocycles. The summed E-state index contributed by atoms with van der Waals surface area (Å²) < 4.78 is 10.7. The molecule has 216 valence electrons. The van der Waals surface area contributed by atoms with Gasteiger partial charge in [-0.1, -0.05) is 61.3 Å². The zero-order chi connectivity index (χ0) is 28.8. The zero-order valence-corrected chi connectivity index (χ0v) is 24.0. The van der Waals surface area contributed by atoms with Gasteiger partial charge in [0, 0.05) is 44.8 Å². The molecule has 37 heavy (non-hydrogen) atoms. The third-order valence-corrected chi connectivity index (χ3v) is 4.92. The van der Waals surface area contributed by atoms with Crippen LogP contribution in [-0.4, -0.2) is 78.5 Å². The molecule has 2 atom stereocenters. The molecule has 10 heteroatoms. The van der Waals surface area contributed by atoms with Crippen LogP contribution < -0.4 is 5.32 Å². The number of rotatable bonds is 16. The second-order valence-corrected chi connectivity index (χ2v) is 9.40. The second-order valence-electron chi connectivity index (χ2n) is 9.40. The highest BCUT2D eigenvalue weighted by Gasteiger charge is 2.35. The van der Waals surface area contributed by atoms with Crippen LogP contribution in [0.4, 0.5) is 0 Å². The van der Waals surface area contributed by atoms with Crippen LogP contribution in [0, 0.1) is 11.8 Å². The summed E-state index contributed by atoms with van der Waals surface area (Å²) in [6, 6.07) is -0.918. The van der Waals surface area contributed by atoms with Crippen LogP contribution in [-0.2, 0) is 33.4 Å². The molecule has 10 nitrogen and oxygen atoms in total. The van der Waals surface area contributed by atoms with E-state index in [2.05, 4.69) is 33.0 Å². The van der Waals surface area contributed by atoms with Gasteiger partial charge >= 0.3 is 5.97 Å². The number of nitrogens with zero attached hydrogens (tertiary/aromatic N) is 1. The maximum Gasteiger partial charge on any atom is 0.326 e. The lowest BCUT2D eigenvalue weighted by atomic mass is 10.0. The lowest BCUT2D eigenvalue weighted by Crippen LogP contribution is -2.44. The van der Waals surface area contributed by atoms with Gasteiger partial charge in [-0.05, 0) is 12.3 Å². The van der Waals surface area contributed by atoms with Gasteiger partial charge < -0.3 is 19.9 Å². The van der Waals surface area contributed by atoms with Crippen molar-refractivity contribution in [1.29, 1.82) is 0 Å². The molecule has 1 aliphatic rings. The predicted molar refractivity (Wildman–Crippen MR) is 142 cm³/mol. The minimum absolute atomic E-state index is 0.0212. The molecule has 1 fully saturated rings. The maximum absolute atomic E-state index is 11.9. The number of likely N-dealkylation sites (tertiary alicyclic amines) is 1. The Balaban J connectivity index is 0. The molecule has 0 aromatic rings. The smallest absolute Gasteiger partial charge is 0.326 e. The number of carboxylic acids is 1. The van der Waals surface area contributed by atoms with Gasteiger partial charge in [0.1, 0.15) is 11.8 Å². The summed E-state index contributed by atoms with van der Waals surface area (Å²) >= 11 is 0. The Labute approximate surface area is 222 Å². The molecule has 2 unspecified atom stereocenters. The summed E-state index contributed by atoms with van der Waals surface area (Å²) in [6.07, 6.45) is 3.79. The molecule has 1 rings (SSSR count). The summed E-state index contributed by atoms with van der Waals surface area (Å²) in [5, 5.41) is 11.5. The molecule has 0 aromatic carbocycles. The van der Waals surface area contributed by atoms with Gasteiger partial charge in [0.15, 0.2) is 0 Å². The molecule has 0 saturated carbocycles. The van der Waals surface area contributed by atoms with Crippen molar-refractivity contribution in [3.05, 3.63) is 0 Å². The molecule has 1 saturated heterocycles. The fourth-order valence-electron chi connectivity index (χ4n) is 3.06. The lowest BCUT2D eigenvalue weighted by Gasteiger charge is -2.17. The zero-order valence-electron chi connectivity index (χ0n) is 24.0. The molecule has 0 aromatic heterocycles. The Hall–Kier alpha value is -2.33. The average molecular weight is 531 g/mol. The first-order chi connectivity index (χ1) is 17.5. The maximum atomic E-state index is 11.9. The standard InChI is InChI=1S/C21H34N2O8.2C3H8/c1-14(2)19(21(28)29)22-17(25)7-10-31-12-11-30-9-4-5-16(24)6-8-23-18(26)13-15(3)20(23)27;2*1-3-2/h14-15,19H,4-13H2,1-3H3,(H,22,25)(H,28,29);2*3H2,1-2H3. The van der Waals surface area contributed by atoms with E-state index >= 15 is 0 Å². The Morgan fingerprint density at radius 3 is 1.95 bits per heavy atom. The third kappa shape index (κ3) is 18.5. The Morgan fingerprint density at radius 1 is 0.946 bits per heavy atom. The molecule has 2 N–H and O–H groups in total. The normalized spacial score (nSPS) is 15.5. The van der Waals surface area contributed by atoms with E-state index in [4.69, 9.17) is 14.6 Å². The van der Waals surface area contributed by atoms with E-state index < -0.39 is 12.0 Å². The number of hydrogen-bond donors (Lipinski definition) is 2. The van der Waals surface area contributed by atoms with Gasteiger partial charge in [-0.3, -0.25) is 24.1 Å². The highest BCUT2D eigenvalue weighted by molar-refractivity contribution is 6.03. The van der Waals surface area contributed by atoms with E-state index in [1.807, 2.05) is 0 Å². The van der Waals surface area contributed by atoms with Crippen LogP contribution in [0.1, 0.15) is 93.4 Å². The van der Waals surface area contributed by atoms with Gasteiger partial charge in [0.2, 0.25) is 17.7 Å². The molecule has 3 amide bonds. The van der Waals surface area contributed by atoms with Crippen molar-refractivity contribution >= 4 is 29.5 Å². The van der Waals surface area contributed by atoms with Gasteiger partial charge in [-0.25, -0.2) is 4.79 Å². The summed E-state index contributed by atoms with van der Waals surface area (Å²) in [4.78, 5) is 59.3. The lowest BCUT2D eigenvalue weighted by molar-refractivity contribution is -0.143. The molecule has 0 spiro atoms. The van der Waals surface area contributed by atoms with Crippen molar-refractivity contribution in [1.82, 2.24) is 10.2 Å². The topological polar surface area (TPSA) is 139 Å². The molecule has 0 radical (unpaired) electrons. The Bertz CT molecular complexity index is 679. The minimum atomic E-state index is -1.07. The van der Waals surface area contributed by atoms with E-state index in [0.29, 0.717) is 26.1 Å². The molecule has 0 aliphatic carbocycles. The monoisotopic (exact) mass is 530 g/mol. The van der Waals surface area contributed by atoms with Crippen LogP contribution in [0.5, 0.6) is 0 Å². The molecular weight excluding hydrogens is 480 g/mol. The number of nitrogens with one attached hydrogen (secondary N) is 1. The van der Waals surface area contributed by atoms with E-state index in [1.54, 1.807) is 20.8 Å². The van der Waals surface area contributed by atoms with Gasteiger partial charge in [0.25, 0.3) is 0 Å². The third-order valence-electron chi connectivity index (χ3n) is 4.92. The second kappa shape index (κ2) is 22.8. The highest BCUT2D eigenvalue weighted by Crippen LogP contribution is 2.19. The first-order valence-electron chi connectivity index (χ1n) is 13.5. The summed E-state index contributed by atoms with van der Waals surface area (Å²) in [5.74, 6) is -2.40. The van der Waals surface area contributed by atoms with Crippen molar-refractivity contribution in [2.75, 3.05) is 33.0 Å². The van der Waals surface area contributed by atoms with Gasteiger partial charge in [-0.15, -0.1) is 0 Å². The molecule has 1 aliphatic heterocycles. The Morgan fingerprint density at radius 2 is 1.49 bits per heavy atom. The van der Waals surface area contributed by atoms with Crippen molar-refractivity contribution in [3.8, 4) is 0 Å². The summed E-state index contributed by atoms with van der Waals surface area (Å²) in [7, 11) is 0. The number of imide groups is 1. The highest BCUT2D eigenvalue weighted by atomic mass is 16.5. The van der Waals surface area contributed by atoms with Crippen LogP contribution in [0.3, 0.4) is 0 Å². The van der Waals surface area contributed by atoms with E-state index in [0.717, 1.165) is 0 Å². The first-order valence-corrected chi connectivity index (χ1v) is 13.5. The number of aliphatic carboxylic acids is 1. The quantitative estimate of drug-likeness (QED) is 0.228. The SMILES string of the molecule is CC1CC(=O)N(CCC(=O)CCCOCCOCCC(=O)NC(C(=O)O)C(C)C)C1=O.CCC.CCC. The number of carbonyl (C=O) groups excluding carboxylic acids is 4. The van der Waals surface area contributed by atoms with Gasteiger partial charge in [-0.2, -0.15) is 0 Å². The van der Waals surface area contributed by atoms with Crippen LogP contribution >= 0.6 is 0 Å². The van der Waals surface area contributed by atoms with Crippen LogP contribution in [0.2, 0.25) is 0 Å². The van der Waals surface area contributed by atoms with E-state index in [9.17, 15) is 24.0 Å². The number of carboxylic acid groups (broad SMARTS) is 1. The summed E-state index contributed by atoms with van der Waals surface area (Å²) in [6.45, 7) is 14.9. The van der Waals surface area contributed by atoms with Gasteiger partial charge in [0.05, 0.1) is 19.8 Å². The predicted octanol–water partition coefficient (Wildman–Crippen LogP) is 3.60. The molecular formula is C27H50N2O8. The van der Waals surface area contributed by atoms with E-state index in [1.165, 1.54) is 17.7 Å². The van der Waals surface area contributed by atoms with Crippen molar-refractivity contribution in [2.24, 2.45) is 11.8 Å². The number of Topliss-reactive ketones (excluding diaryl/α,β-unsaturated/α-hetero) is 1. The van der Waals surface area contributed by atoms with Crippen molar-refractivity contribution in [2.45, 2.75) is 99.5 Å².